The van der Waals surface area contributed by atoms with Crippen LogP contribution in [0.4, 0.5) is 5.69 Å². The highest BCUT2D eigenvalue weighted by Crippen LogP contribution is 2.26. The first-order valence-corrected chi connectivity index (χ1v) is 8.22. The molecular weight excluding hydrogens is 284 g/mol. The van der Waals surface area contributed by atoms with Gasteiger partial charge in [-0.2, -0.15) is 0 Å². The van der Waals surface area contributed by atoms with Crippen molar-refractivity contribution in [1.82, 2.24) is 0 Å². The summed E-state index contributed by atoms with van der Waals surface area (Å²) in [6, 6.07) is 10.7. The van der Waals surface area contributed by atoms with Crippen molar-refractivity contribution in [2.75, 3.05) is 4.72 Å². The number of rotatable bonds is 4. The molecule has 5 heteroatoms. The summed E-state index contributed by atoms with van der Waals surface area (Å²) in [6.45, 7) is 5.96. The van der Waals surface area contributed by atoms with Gasteiger partial charge in [0.2, 0.25) is 0 Å². The zero-order valence-corrected chi connectivity index (χ0v) is 13.3. The third-order valence-electron chi connectivity index (χ3n) is 3.40. The lowest BCUT2D eigenvalue weighted by molar-refractivity contribution is 0.600. The number of nitrogens with two attached hydrogens (primary N) is 1. The van der Waals surface area contributed by atoms with Gasteiger partial charge in [0.25, 0.3) is 10.0 Å². The van der Waals surface area contributed by atoms with Gasteiger partial charge in [0, 0.05) is 6.54 Å². The number of anilines is 1. The average Bonchev–Trinajstić information content (AvgIpc) is 2.43. The first-order chi connectivity index (χ1) is 9.85. The molecule has 4 nitrogen and oxygen atoms in total. The molecule has 2 aromatic rings. The highest BCUT2D eigenvalue weighted by molar-refractivity contribution is 7.92. The number of nitrogens with one attached hydrogen (secondary N) is 1. The molecule has 112 valence electrons. The lowest BCUT2D eigenvalue weighted by atomic mass is 10.1. The Morgan fingerprint density at radius 1 is 1.05 bits per heavy atom. The van der Waals surface area contributed by atoms with Gasteiger partial charge in [0.1, 0.15) is 0 Å². The van der Waals surface area contributed by atoms with Crippen LogP contribution in [0.1, 0.15) is 22.3 Å². The van der Waals surface area contributed by atoms with Crippen molar-refractivity contribution in [3.63, 3.8) is 0 Å². The molecule has 0 heterocycles. The fourth-order valence-electron chi connectivity index (χ4n) is 2.46. The van der Waals surface area contributed by atoms with Gasteiger partial charge in [0.15, 0.2) is 0 Å². The molecule has 0 aromatic heterocycles. The molecule has 0 aliphatic rings. The van der Waals surface area contributed by atoms with Gasteiger partial charge in [-0.3, -0.25) is 4.72 Å². The first-order valence-electron chi connectivity index (χ1n) is 6.74. The molecule has 0 atom stereocenters. The minimum absolute atomic E-state index is 0.183. The van der Waals surface area contributed by atoms with Crippen LogP contribution < -0.4 is 10.5 Å². The molecule has 2 rings (SSSR count). The van der Waals surface area contributed by atoms with Gasteiger partial charge in [0.05, 0.1) is 10.6 Å². The lowest BCUT2D eigenvalue weighted by Gasteiger charge is -2.15. The molecule has 0 fully saturated rings. The highest BCUT2D eigenvalue weighted by Gasteiger charge is 2.19. The lowest BCUT2D eigenvalue weighted by Crippen LogP contribution is -2.17. The maximum Gasteiger partial charge on any atom is 0.262 e. The predicted molar refractivity (Wildman–Crippen MR) is 85.8 cm³/mol. The van der Waals surface area contributed by atoms with Crippen LogP contribution in [-0.4, -0.2) is 8.42 Å². The Bertz CT molecular complexity index is 745. The molecule has 0 radical (unpaired) electrons. The van der Waals surface area contributed by atoms with Gasteiger partial charge in [-0.15, -0.1) is 0 Å². The summed E-state index contributed by atoms with van der Waals surface area (Å²) in [5, 5.41) is 0. The molecule has 0 unspecified atom stereocenters. The third-order valence-corrected chi connectivity index (χ3v) is 4.85. The van der Waals surface area contributed by atoms with Crippen molar-refractivity contribution in [3.05, 3.63) is 58.7 Å². The van der Waals surface area contributed by atoms with Crippen LogP contribution >= 0.6 is 0 Å². The SMILES string of the molecule is Cc1cc(C)c(NS(=O)(=O)c2ccccc2CN)c(C)c1. The van der Waals surface area contributed by atoms with E-state index in [0.29, 0.717) is 11.3 Å². The number of hydrogen-bond acceptors (Lipinski definition) is 3. The fourth-order valence-corrected chi connectivity index (χ4v) is 3.92. The highest BCUT2D eigenvalue weighted by atomic mass is 32.2. The average molecular weight is 304 g/mol. The normalized spacial score (nSPS) is 11.4. The Morgan fingerprint density at radius 2 is 1.62 bits per heavy atom. The van der Waals surface area contributed by atoms with Crippen LogP contribution in [0.3, 0.4) is 0 Å². The molecule has 0 saturated heterocycles. The van der Waals surface area contributed by atoms with Crippen LogP contribution in [-0.2, 0) is 16.6 Å². The summed E-state index contributed by atoms with van der Waals surface area (Å²) >= 11 is 0. The van der Waals surface area contributed by atoms with E-state index in [0.717, 1.165) is 16.7 Å². The number of hydrogen-bond donors (Lipinski definition) is 2. The number of benzene rings is 2. The van der Waals surface area contributed by atoms with Crippen molar-refractivity contribution in [1.29, 1.82) is 0 Å². The molecule has 21 heavy (non-hydrogen) atoms. The van der Waals surface area contributed by atoms with Crippen molar-refractivity contribution >= 4 is 15.7 Å². The van der Waals surface area contributed by atoms with E-state index < -0.39 is 10.0 Å². The molecule has 3 N–H and O–H groups in total. The van der Waals surface area contributed by atoms with Crippen molar-refractivity contribution < 1.29 is 8.42 Å². The van der Waals surface area contributed by atoms with E-state index in [1.165, 1.54) is 0 Å². The summed E-state index contributed by atoms with van der Waals surface area (Å²) < 4.78 is 27.9. The second-order valence-corrected chi connectivity index (χ2v) is 6.84. The summed E-state index contributed by atoms with van der Waals surface area (Å²) in [4.78, 5) is 0.229. The minimum Gasteiger partial charge on any atom is -0.326 e. The molecule has 0 aliphatic heterocycles. The molecular formula is C16H20N2O2S. The van der Waals surface area contributed by atoms with Crippen molar-refractivity contribution in [3.8, 4) is 0 Å². The summed E-state index contributed by atoms with van der Waals surface area (Å²) in [5.74, 6) is 0. The van der Waals surface area contributed by atoms with Crippen LogP contribution in [0, 0.1) is 20.8 Å². The number of sulfonamides is 1. The molecule has 0 spiro atoms. The van der Waals surface area contributed by atoms with Crippen LogP contribution in [0.25, 0.3) is 0 Å². The molecule has 0 saturated carbocycles. The fraction of sp³-hybridized carbons (Fsp3) is 0.250. The molecule has 0 aliphatic carbocycles. The molecule has 0 amide bonds. The second kappa shape index (κ2) is 5.87. The zero-order valence-electron chi connectivity index (χ0n) is 12.5. The third kappa shape index (κ3) is 3.25. The Morgan fingerprint density at radius 3 is 2.19 bits per heavy atom. The Labute approximate surface area is 126 Å². The predicted octanol–water partition coefficient (Wildman–Crippen LogP) is 2.87. The molecule has 0 bridgehead atoms. The van der Waals surface area contributed by atoms with Crippen molar-refractivity contribution in [2.45, 2.75) is 32.2 Å². The topological polar surface area (TPSA) is 72.2 Å². The van der Waals surface area contributed by atoms with E-state index in [-0.39, 0.29) is 11.4 Å². The standard InChI is InChI=1S/C16H20N2O2S/c1-11-8-12(2)16(13(3)9-11)18-21(19,20)15-7-5-4-6-14(15)10-17/h4-9,18H,10,17H2,1-3H3. The second-order valence-electron chi connectivity index (χ2n) is 5.19. The smallest absolute Gasteiger partial charge is 0.262 e. The van der Waals surface area contributed by atoms with Gasteiger partial charge in [-0.05, 0) is 43.5 Å². The van der Waals surface area contributed by atoms with E-state index in [1.807, 2.05) is 32.9 Å². The van der Waals surface area contributed by atoms with Crippen LogP contribution in [0.15, 0.2) is 41.3 Å². The summed E-state index contributed by atoms with van der Waals surface area (Å²) in [7, 11) is -3.64. The van der Waals surface area contributed by atoms with E-state index in [1.54, 1.807) is 24.3 Å². The summed E-state index contributed by atoms with van der Waals surface area (Å²) in [5.41, 5.74) is 9.78. The van der Waals surface area contributed by atoms with Gasteiger partial charge < -0.3 is 5.73 Å². The molecule has 2 aromatic carbocycles. The quantitative estimate of drug-likeness (QED) is 0.912. The van der Waals surface area contributed by atoms with Crippen molar-refractivity contribution in [2.24, 2.45) is 5.73 Å². The maximum absolute atomic E-state index is 12.6. The van der Waals surface area contributed by atoms with Crippen LogP contribution in [0.2, 0.25) is 0 Å². The van der Waals surface area contributed by atoms with Gasteiger partial charge >= 0.3 is 0 Å². The van der Waals surface area contributed by atoms with Gasteiger partial charge in [-0.25, -0.2) is 8.42 Å². The first kappa shape index (κ1) is 15.5. The van der Waals surface area contributed by atoms with E-state index >= 15 is 0 Å². The summed E-state index contributed by atoms with van der Waals surface area (Å²) in [6.07, 6.45) is 0. The Balaban J connectivity index is 2.48. The zero-order chi connectivity index (χ0) is 15.6. The number of aryl methyl sites for hydroxylation is 3. The van der Waals surface area contributed by atoms with E-state index in [9.17, 15) is 8.42 Å². The van der Waals surface area contributed by atoms with E-state index in [4.69, 9.17) is 5.73 Å². The van der Waals surface area contributed by atoms with Crippen LogP contribution in [0.5, 0.6) is 0 Å². The Hall–Kier alpha value is -1.85. The largest absolute Gasteiger partial charge is 0.326 e. The van der Waals surface area contributed by atoms with E-state index in [2.05, 4.69) is 4.72 Å². The minimum atomic E-state index is -3.64. The maximum atomic E-state index is 12.6. The van der Waals surface area contributed by atoms with Gasteiger partial charge in [-0.1, -0.05) is 35.9 Å². The Kier molecular flexibility index (Phi) is 4.34. The monoisotopic (exact) mass is 304 g/mol.